The molecule has 1 N–H and O–H groups in total. The average Bonchev–Trinajstić information content (AvgIpc) is 2.75. The molecule has 0 aliphatic carbocycles. The van der Waals surface area contributed by atoms with Crippen LogP contribution in [0.5, 0.6) is 0 Å². The Morgan fingerprint density at radius 1 is 1.25 bits per heavy atom. The summed E-state index contributed by atoms with van der Waals surface area (Å²) < 4.78 is 0. The first-order valence-corrected chi connectivity index (χ1v) is 6.61. The number of thioether (sulfide) groups is 1. The van der Waals surface area contributed by atoms with Crippen molar-refractivity contribution in [2.45, 2.75) is 18.3 Å². The van der Waals surface area contributed by atoms with Crippen LogP contribution in [0.25, 0.3) is 10.9 Å². The lowest BCUT2D eigenvalue weighted by Gasteiger charge is -2.10. The van der Waals surface area contributed by atoms with Crippen molar-refractivity contribution < 1.29 is 0 Å². The molecule has 2 atom stereocenters. The number of fused-ring (bicyclic) bond motifs is 1. The highest BCUT2D eigenvalue weighted by molar-refractivity contribution is 7.99. The minimum Gasteiger partial charge on any atom is -0.297 e. The molecule has 2 aromatic rings. The van der Waals surface area contributed by atoms with Gasteiger partial charge in [0, 0.05) is 17.2 Å². The molecule has 0 saturated carbocycles. The zero-order valence-electron chi connectivity index (χ0n) is 9.18. The Morgan fingerprint density at radius 3 is 2.94 bits per heavy atom. The van der Waals surface area contributed by atoms with Crippen molar-refractivity contribution in [3.05, 3.63) is 42.1 Å². The summed E-state index contributed by atoms with van der Waals surface area (Å²) in [5.74, 6) is 1.17. The Balaban J connectivity index is 1.99. The molecule has 3 heteroatoms. The number of nitrogens with one attached hydrogen (secondary N) is 1. The van der Waals surface area contributed by atoms with Crippen LogP contribution in [0.3, 0.4) is 0 Å². The number of rotatable bonds is 1. The zero-order chi connectivity index (χ0) is 11.0. The van der Waals surface area contributed by atoms with Crippen LogP contribution in [0, 0.1) is 0 Å². The molecular formula is C13H14N2S. The quantitative estimate of drug-likeness (QED) is 0.815. The summed E-state index contributed by atoms with van der Waals surface area (Å²) in [6.07, 6.45) is 0. The molecule has 1 aromatic carbocycles. The SMILES string of the molecule is CC1CSC(c2ccc3ccccc3n2)N1. The molecule has 0 radical (unpaired) electrons. The highest BCUT2D eigenvalue weighted by atomic mass is 32.2. The first-order valence-electron chi connectivity index (χ1n) is 5.56. The molecule has 3 rings (SSSR count). The predicted octanol–water partition coefficient (Wildman–Crippen LogP) is 2.96. The fourth-order valence-corrected chi connectivity index (χ4v) is 3.20. The molecule has 0 spiro atoms. The van der Waals surface area contributed by atoms with Crippen molar-refractivity contribution in [3.63, 3.8) is 0 Å². The molecule has 2 unspecified atom stereocenters. The Bertz CT molecular complexity index is 512. The fourth-order valence-electron chi connectivity index (χ4n) is 1.99. The molecule has 1 fully saturated rings. The predicted molar refractivity (Wildman–Crippen MR) is 69.5 cm³/mol. The van der Waals surface area contributed by atoms with Crippen LogP contribution in [0.4, 0.5) is 0 Å². The summed E-state index contributed by atoms with van der Waals surface area (Å²) in [6, 6.07) is 13.1. The molecule has 1 aliphatic rings. The zero-order valence-corrected chi connectivity index (χ0v) is 10.00. The van der Waals surface area contributed by atoms with Gasteiger partial charge in [-0.2, -0.15) is 0 Å². The van der Waals surface area contributed by atoms with E-state index in [1.165, 1.54) is 11.1 Å². The summed E-state index contributed by atoms with van der Waals surface area (Å²) in [5.41, 5.74) is 2.23. The van der Waals surface area contributed by atoms with Gasteiger partial charge in [0.2, 0.25) is 0 Å². The number of aromatic nitrogens is 1. The largest absolute Gasteiger partial charge is 0.297 e. The van der Waals surface area contributed by atoms with E-state index in [2.05, 4.69) is 36.5 Å². The Labute approximate surface area is 99.5 Å². The van der Waals surface area contributed by atoms with Crippen LogP contribution >= 0.6 is 11.8 Å². The molecule has 1 aliphatic heterocycles. The van der Waals surface area contributed by atoms with Gasteiger partial charge in [-0.15, -0.1) is 11.8 Å². The van der Waals surface area contributed by atoms with Crippen LogP contribution in [0.1, 0.15) is 18.0 Å². The molecule has 82 valence electrons. The third kappa shape index (κ3) is 1.81. The number of benzene rings is 1. The topological polar surface area (TPSA) is 24.9 Å². The second-order valence-electron chi connectivity index (χ2n) is 4.21. The maximum atomic E-state index is 4.71. The monoisotopic (exact) mass is 230 g/mol. The van der Waals surface area contributed by atoms with Gasteiger partial charge in [0.15, 0.2) is 0 Å². The van der Waals surface area contributed by atoms with E-state index in [9.17, 15) is 0 Å². The third-order valence-electron chi connectivity index (χ3n) is 2.84. The molecule has 0 amide bonds. The molecule has 16 heavy (non-hydrogen) atoms. The molecule has 1 saturated heterocycles. The van der Waals surface area contributed by atoms with Crippen LogP contribution < -0.4 is 5.32 Å². The highest BCUT2D eigenvalue weighted by Gasteiger charge is 2.23. The Kier molecular flexibility index (Phi) is 2.58. The number of pyridine rings is 1. The van der Waals surface area contributed by atoms with Crippen LogP contribution in [0.2, 0.25) is 0 Å². The van der Waals surface area contributed by atoms with Gasteiger partial charge in [0.05, 0.1) is 16.6 Å². The van der Waals surface area contributed by atoms with Gasteiger partial charge in [0.25, 0.3) is 0 Å². The van der Waals surface area contributed by atoms with Gasteiger partial charge in [0.1, 0.15) is 0 Å². The number of hydrogen-bond acceptors (Lipinski definition) is 3. The maximum absolute atomic E-state index is 4.71. The van der Waals surface area contributed by atoms with E-state index in [4.69, 9.17) is 4.98 Å². The summed E-state index contributed by atoms with van der Waals surface area (Å²) in [5, 5.41) is 5.11. The van der Waals surface area contributed by atoms with Gasteiger partial charge in [-0.25, -0.2) is 0 Å². The standard InChI is InChI=1S/C13H14N2S/c1-9-8-16-13(14-9)12-7-6-10-4-2-3-5-11(10)15-12/h2-7,9,13-14H,8H2,1H3. The summed E-state index contributed by atoms with van der Waals surface area (Å²) in [6.45, 7) is 2.22. The molecule has 2 nitrogen and oxygen atoms in total. The van der Waals surface area contributed by atoms with Crippen molar-refractivity contribution in [1.29, 1.82) is 0 Å². The van der Waals surface area contributed by atoms with Gasteiger partial charge >= 0.3 is 0 Å². The Hall–Kier alpha value is -1.06. The second-order valence-corrected chi connectivity index (χ2v) is 5.35. The molecule has 2 heterocycles. The van der Waals surface area contributed by atoms with E-state index < -0.39 is 0 Å². The van der Waals surface area contributed by atoms with Crippen molar-refractivity contribution in [1.82, 2.24) is 10.3 Å². The number of nitrogens with zero attached hydrogens (tertiary/aromatic N) is 1. The first-order chi connectivity index (χ1) is 7.83. The molecule has 1 aromatic heterocycles. The highest BCUT2D eigenvalue weighted by Crippen LogP contribution is 2.32. The van der Waals surface area contributed by atoms with Crippen molar-refractivity contribution in [3.8, 4) is 0 Å². The van der Waals surface area contributed by atoms with E-state index in [1.807, 2.05) is 23.9 Å². The van der Waals surface area contributed by atoms with E-state index in [0.29, 0.717) is 11.4 Å². The van der Waals surface area contributed by atoms with Gasteiger partial charge in [-0.3, -0.25) is 10.3 Å². The lowest BCUT2D eigenvalue weighted by molar-refractivity contribution is 0.611. The lowest BCUT2D eigenvalue weighted by Crippen LogP contribution is -2.22. The Morgan fingerprint density at radius 2 is 2.12 bits per heavy atom. The molecule has 0 bridgehead atoms. The van der Waals surface area contributed by atoms with E-state index in [0.717, 1.165) is 11.2 Å². The van der Waals surface area contributed by atoms with Crippen LogP contribution in [-0.4, -0.2) is 16.8 Å². The lowest BCUT2D eigenvalue weighted by atomic mass is 10.2. The van der Waals surface area contributed by atoms with E-state index >= 15 is 0 Å². The van der Waals surface area contributed by atoms with Gasteiger partial charge < -0.3 is 0 Å². The minimum atomic E-state index is 0.361. The van der Waals surface area contributed by atoms with Crippen molar-refractivity contribution in [2.75, 3.05) is 5.75 Å². The number of para-hydroxylation sites is 1. The van der Waals surface area contributed by atoms with E-state index in [1.54, 1.807) is 0 Å². The average molecular weight is 230 g/mol. The number of hydrogen-bond donors (Lipinski definition) is 1. The summed E-state index contributed by atoms with van der Waals surface area (Å²) in [7, 11) is 0. The third-order valence-corrected chi connectivity index (χ3v) is 4.24. The van der Waals surface area contributed by atoms with Crippen molar-refractivity contribution >= 4 is 22.7 Å². The van der Waals surface area contributed by atoms with Crippen LogP contribution in [0.15, 0.2) is 36.4 Å². The smallest absolute Gasteiger partial charge is 0.0965 e. The first kappa shape index (κ1) is 10.1. The van der Waals surface area contributed by atoms with Crippen LogP contribution in [-0.2, 0) is 0 Å². The fraction of sp³-hybridized carbons (Fsp3) is 0.308. The molecular weight excluding hydrogens is 216 g/mol. The maximum Gasteiger partial charge on any atom is 0.0965 e. The second kappa shape index (κ2) is 4.07. The van der Waals surface area contributed by atoms with Gasteiger partial charge in [-0.1, -0.05) is 24.3 Å². The summed E-state index contributed by atoms with van der Waals surface area (Å²) >= 11 is 1.94. The van der Waals surface area contributed by atoms with E-state index in [-0.39, 0.29) is 0 Å². The normalized spacial score (nSPS) is 25.1. The van der Waals surface area contributed by atoms with Crippen molar-refractivity contribution in [2.24, 2.45) is 0 Å². The van der Waals surface area contributed by atoms with Gasteiger partial charge in [-0.05, 0) is 19.1 Å². The summed E-state index contributed by atoms with van der Waals surface area (Å²) in [4.78, 5) is 4.71. The minimum absolute atomic E-state index is 0.361.